The Morgan fingerprint density at radius 3 is 2.91 bits per heavy atom. The number of nitrogens with two attached hydrogens (primary N) is 1. The lowest BCUT2D eigenvalue weighted by molar-refractivity contribution is 0.593. The molecule has 1 rings (SSSR count). The second-order valence-electron chi connectivity index (χ2n) is 2.75. The molecule has 1 heterocycles. The van der Waals surface area contributed by atoms with E-state index in [9.17, 15) is 0 Å². The highest BCUT2D eigenvalue weighted by molar-refractivity contribution is 7.06. The molecule has 0 saturated carbocycles. The molecule has 62 valence electrons. The van der Waals surface area contributed by atoms with Gasteiger partial charge in [0, 0.05) is 17.5 Å². The van der Waals surface area contributed by atoms with Gasteiger partial charge in [-0.15, -0.1) is 0 Å². The van der Waals surface area contributed by atoms with Crippen LogP contribution in [0.25, 0.3) is 0 Å². The van der Waals surface area contributed by atoms with Crippen molar-refractivity contribution < 1.29 is 0 Å². The minimum absolute atomic E-state index is 0.512. The third-order valence-electron chi connectivity index (χ3n) is 1.26. The van der Waals surface area contributed by atoms with Crippen LogP contribution in [0.5, 0.6) is 0 Å². The molecule has 0 bridgehead atoms. The lowest BCUT2D eigenvalue weighted by atomic mass is 10.4. The van der Waals surface area contributed by atoms with E-state index < -0.39 is 0 Å². The fourth-order valence-corrected chi connectivity index (χ4v) is 1.31. The zero-order valence-electron chi connectivity index (χ0n) is 6.79. The van der Waals surface area contributed by atoms with Crippen molar-refractivity contribution in [3.05, 3.63) is 10.9 Å². The summed E-state index contributed by atoms with van der Waals surface area (Å²) in [5.74, 6) is 0.621. The van der Waals surface area contributed by atoms with Crippen molar-refractivity contribution in [2.75, 3.05) is 5.73 Å². The topological polar surface area (TPSA) is 50.9 Å². The Hall–Kier alpha value is -0.610. The summed E-state index contributed by atoms with van der Waals surface area (Å²) in [6, 6.07) is 2.42. The van der Waals surface area contributed by atoms with Crippen LogP contribution in [-0.4, -0.2) is 10.4 Å². The van der Waals surface area contributed by atoms with E-state index in [2.05, 4.69) is 23.5 Å². The van der Waals surface area contributed by atoms with Crippen LogP contribution >= 0.6 is 11.5 Å². The zero-order chi connectivity index (χ0) is 8.27. The third-order valence-corrected chi connectivity index (χ3v) is 2.06. The second-order valence-corrected chi connectivity index (χ2v) is 3.64. The van der Waals surface area contributed by atoms with Gasteiger partial charge in [0.2, 0.25) is 0 Å². The summed E-state index contributed by atoms with van der Waals surface area (Å²) in [7, 11) is 0. The molecule has 0 unspecified atom stereocenters. The van der Waals surface area contributed by atoms with Gasteiger partial charge in [0.05, 0.1) is 0 Å². The van der Waals surface area contributed by atoms with Crippen molar-refractivity contribution in [1.29, 1.82) is 0 Å². The normalized spacial score (nSPS) is 10.8. The van der Waals surface area contributed by atoms with Crippen LogP contribution < -0.4 is 11.1 Å². The molecular weight excluding hydrogens is 158 g/mol. The second kappa shape index (κ2) is 3.69. The Morgan fingerprint density at radius 1 is 1.73 bits per heavy atom. The summed E-state index contributed by atoms with van der Waals surface area (Å²) in [5, 5.41) is 3.29. The lowest BCUT2D eigenvalue weighted by Gasteiger charge is -2.04. The molecule has 0 aromatic carbocycles. The number of nitrogens with zero attached hydrogens (tertiary/aromatic N) is 1. The van der Waals surface area contributed by atoms with Gasteiger partial charge in [-0.25, -0.2) is 0 Å². The van der Waals surface area contributed by atoms with Crippen LogP contribution in [0.1, 0.15) is 18.7 Å². The predicted molar refractivity (Wildman–Crippen MR) is 48.5 cm³/mol. The molecule has 3 N–H and O–H groups in total. The Balaban J connectivity index is 2.39. The van der Waals surface area contributed by atoms with Crippen LogP contribution in [0.15, 0.2) is 6.07 Å². The number of nitrogen functional groups attached to an aromatic ring is 1. The maximum atomic E-state index is 5.46. The molecule has 0 aliphatic heterocycles. The van der Waals surface area contributed by atoms with E-state index in [-0.39, 0.29) is 0 Å². The van der Waals surface area contributed by atoms with Crippen molar-refractivity contribution in [2.45, 2.75) is 26.4 Å². The molecule has 1 aromatic heterocycles. The maximum Gasteiger partial charge on any atom is 0.137 e. The third kappa shape index (κ3) is 2.86. The molecule has 0 saturated heterocycles. The van der Waals surface area contributed by atoms with E-state index in [0.29, 0.717) is 11.9 Å². The molecule has 3 nitrogen and oxygen atoms in total. The van der Waals surface area contributed by atoms with E-state index in [1.165, 1.54) is 16.4 Å². The van der Waals surface area contributed by atoms with E-state index in [0.717, 1.165) is 6.54 Å². The maximum absolute atomic E-state index is 5.46. The summed E-state index contributed by atoms with van der Waals surface area (Å²) < 4.78 is 3.97. The van der Waals surface area contributed by atoms with Crippen molar-refractivity contribution in [1.82, 2.24) is 9.69 Å². The summed E-state index contributed by atoms with van der Waals surface area (Å²) in [6.07, 6.45) is 0. The van der Waals surface area contributed by atoms with E-state index in [4.69, 9.17) is 5.73 Å². The number of anilines is 1. The molecule has 1 aromatic rings. The molecule has 0 amide bonds. The first-order valence-electron chi connectivity index (χ1n) is 3.63. The first-order valence-corrected chi connectivity index (χ1v) is 4.40. The van der Waals surface area contributed by atoms with Crippen molar-refractivity contribution >= 4 is 17.4 Å². The van der Waals surface area contributed by atoms with Gasteiger partial charge in [-0.3, -0.25) is 0 Å². The molecular formula is C7H13N3S. The molecule has 0 atom stereocenters. The van der Waals surface area contributed by atoms with Gasteiger partial charge in [-0.2, -0.15) is 4.37 Å². The van der Waals surface area contributed by atoms with Gasteiger partial charge in [0.25, 0.3) is 0 Å². The van der Waals surface area contributed by atoms with Crippen molar-refractivity contribution in [2.24, 2.45) is 0 Å². The highest BCUT2D eigenvalue weighted by Gasteiger charge is 1.98. The quantitative estimate of drug-likeness (QED) is 0.719. The van der Waals surface area contributed by atoms with E-state index in [1.54, 1.807) is 0 Å². The largest absolute Gasteiger partial charge is 0.383 e. The average Bonchev–Trinajstić information content (AvgIpc) is 2.31. The molecule has 0 fully saturated rings. The Bertz CT molecular complexity index is 219. The van der Waals surface area contributed by atoms with Gasteiger partial charge in [-0.1, -0.05) is 13.8 Å². The van der Waals surface area contributed by atoms with Gasteiger partial charge < -0.3 is 11.1 Å². The average molecular weight is 171 g/mol. The minimum Gasteiger partial charge on any atom is -0.383 e. The Morgan fingerprint density at radius 2 is 2.45 bits per heavy atom. The molecule has 0 radical (unpaired) electrons. The molecule has 0 spiro atoms. The first kappa shape index (κ1) is 8.49. The number of nitrogens with one attached hydrogen (secondary N) is 1. The van der Waals surface area contributed by atoms with E-state index in [1.807, 2.05) is 6.07 Å². The highest BCUT2D eigenvalue weighted by Crippen LogP contribution is 2.10. The van der Waals surface area contributed by atoms with Crippen LogP contribution in [-0.2, 0) is 6.54 Å². The first-order chi connectivity index (χ1) is 5.18. The monoisotopic (exact) mass is 171 g/mol. The summed E-state index contributed by atoms with van der Waals surface area (Å²) >= 11 is 1.45. The Labute approximate surface area is 70.8 Å². The van der Waals surface area contributed by atoms with Gasteiger partial charge in [0.1, 0.15) is 5.82 Å². The number of aromatic nitrogens is 1. The van der Waals surface area contributed by atoms with Gasteiger partial charge in [0.15, 0.2) is 0 Å². The summed E-state index contributed by atoms with van der Waals surface area (Å²) in [4.78, 5) is 1.19. The van der Waals surface area contributed by atoms with Crippen LogP contribution in [0, 0.1) is 0 Å². The number of hydrogen-bond donors (Lipinski definition) is 2. The highest BCUT2D eigenvalue weighted by atomic mass is 32.1. The zero-order valence-corrected chi connectivity index (χ0v) is 7.61. The van der Waals surface area contributed by atoms with Crippen LogP contribution in [0.3, 0.4) is 0 Å². The number of rotatable bonds is 3. The van der Waals surface area contributed by atoms with Crippen molar-refractivity contribution in [3.8, 4) is 0 Å². The lowest BCUT2D eigenvalue weighted by Crippen LogP contribution is -2.21. The van der Waals surface area contributed by atoms with Gasteiger partial charge >= 0.3 is 0 Å². The molecule has 4 heteroatoms. The molecule has 11 heavy (non-hydrogen) atoms. The van der Waals surface area contributed by atoms with Crippen molar-refractivity contribution in [3.63, 3.8) is 0 Å². The molecule has 0 aliphatic carbocycles. The predicted octanol–water partition coefficient (Wildman–Crippen LogP) is 1.22. The fourth-order valence-electron chi connectivity index (χ4n) is 0.717. The molecule has 0 aliphatic rings. The summed E-state index contributed by atoms with van der Waals surface area (Å²) in [5.41, 5.74) is 5.46. The minimum atomic E-state index is 0.512. The summed E-state index contributed by atoms with van der Waals surface area (Å²) in [6.45, 7) is 5.10. The van der Waals surface area contributed by atoms with Crippen LogP contribution in [0.2, 0.25) is 0 Å². The standard InChI is InChI=1S/C7H13N3S/c1-5(2)9-4-6-3-7(8)10-11-6/h3,5,9H,4H2,1-2H3,(H2,8,10). The fraction of sp³-hybridized carbons (Fsp3) is 0.571. The smallest absolute Gasteiger partial charge is 0.137 e. The van der Waals surface area contributed by atoms with Gasteiger partial charge in [-0.05, 0) is 17.6 Å². The van der Waals surface area contributed by atoms with E-state index >= 15 is 0 Å². The SMILES string of the molecule is CC(C)NCc1cc(N)ns1. The Kier molecular flexibility index (Phi) is 2.84. The number of hydrogen-bond acceptors (Lipinski definition) is 4. The van der Waals surface area contributed by atoms with Crippen LogP contribution in [0.4, 0.5) is 5.82 Å².